The van der Waals surface area contributed by atoms with Crippen molar-refractivity contribution in [1.82, 2.24) is 14.8 Å². The molecule has 2 aliphatic rings. The fourth-order valence-corrected chi connectivity index (χ4v) is 6.37. The lowest BCUT2D eigenvalue weighted by Gasteiger charge is -2.37. The van der Waals surface area contributed by atoms with Gasteiger partial charge in [0, 0.05) is 30.6 Å². The van der Waals surface area contributed by atoms with Crippen LogP contribution in [0.25, 0.3) is 0 Å². The number of aliphatic hydroxyl groups is 1. The number of benzene rings is 2. The highest BCUT2D eigenvalue weighted by molar-refractivity contribution is 5.93. The van der Waals surface area contributed by atoms with Crippen LogP contribution in [0.15, 0.2) is 58.5 Å². The Balaban J connectivity index is 1.69. The van der Waals surface area contributed by atoms with Crippen LogP contribution in [-0.4, -0.2) is 70.2 Å². The first kappa shape index (κ1) is 30.1. The molecule has 1 saturated heterocycles. The number of H-pyrrole nitrogens is 1. The highest BCUT2D eigenvalue weighted by Crippen LogP contribution is 2.43. The number of esters is 1. The summed E-state index contributed by atoms with van der Waals surface area (Å²) in [6.45, 7) is 4.72. The van der Waals surface area contributed by atoms with E-state index < -0.39 is 29.4 Å². The van der Waals surface area contributed by atoms with Crippen LogP contribution in [-0.2, 0) is 22.1 Å². The molecule has 0 bridgehead atoms. The minimum absolute atomic E-state index is 0.00175. The lowest BCUT2D eigenvalue weighted by molar-refractivity contribution is -0.916. The number of fused-ring (bicyclic) bond motifs is 1. The van der Waals surface area contributed by atoms with E-state index in [2.05, 4.69) is 16.3 Å². The van der Waals surface area contributed by atoms with E-state index in [1.165, 1.54) is 28.7 Å². The molecule has 43 heavy (non-hydrogen) atoms. The van der Waals surface area contributed by atoms with Gasteiger partial charge in [0.25, 0.3) is 0 Å². The largest absolute Gasteiger partial charge is 0.466 e. The molecule has 13 heteroatoms. The van der Waals surface area contributed by atoms with Crippen molar-refractivity contribution in [3.05, 3.63) is 86.5 Å². The molecule has 2 aliphatic heterocycles. The number of anilines is 2. The number of allylic oxidation sites excluding steroid dienone is 1. The Hall–Kier alpha value is -4.41. The number of nitriles is 1. The lowest BCUT2D eigenvalue weighted by Crippen LogP contribution is -2.48. The number of nitrogens with zero attached hydrogens (tertiary/aromatic N) is 5. The van der Waals surface area contributed by atoms with Crippen LogP contribution >= 0.6 is 0 Å². The molecule has 0 radical (unpaired) electrons. The first-order chi connectivity index (χ1) is 20.5. The van der Waals surface area contributed by atoms with Crippen LogP contribution in [0.3, 0.4) is 0 Å². The van der Waals surface area contributed by atoms with Gasteiger partial charge in [-0.1, -0.05) is 12.1 Å². The molecule has 2 aromatic carbocycles. The van der Waals surface area contributed by atoms with Crippen molar-refractivity contribution in [2.45, 2.75) is 38.4 Å². The molecular weight excluding hydrogens is 565 g/mol. The van der Waals surface area contributed by atoms with Crippen molar-refractivity contribution in [1.29, 1.82) is 5.26 Å². The Morgan fingerprint density at radius 1 is 1.21 bits per heavy atom. The maximum Gasteiger partial charge on any atom is 0.416 e. The van der Waals surface area contributed by atoms with Crippen molar-refractivity contribution >= 4 is 17.6 Å². The predicted molar refractivity (Wildman–Crippen MR) is 150 cm³/mol. The molecule has 1 fully saturated rings. The number of hydrogen-bond acceptors (Lipinski definition) is 7. The van der Waals surface area contributed by atoms with Gasteiger partial charge in [0.15, 0.2) is 0 Å². The number of hydrogen-bond donors (Lipinski definition) is 2. The molecule has 1 atom stereocenters. The summed E-state index contributed by atoms with van der Waals surface area (Å²) in [5.74, 6) is -0.769. The third-order valence-corrected chi connectivity index (χ3v) is 8.49. The van der Waals surface area contributed by atoms with Crippen molar-refractivity contribution in [3.8, 4) is 6.07 Å². The van der Waals surface area contributed by atoms with Gasteiger partial charge in [-0.15, -0.1) is 5.10 Å². The maximum atomic E-state index is 13.6. The van der Waals surface area contributed by atoms with Crippen LogP contribution in [0.4, 0.5) is 24.8 Å². The number of carbonyl (C=O) groups excluding carboxylic acids is 1. The summed E-state index contributed by atoms with van der Waals surface area (Å²) < 4.78 is 48.0. The van der Waals surface area contributed by atoms with E-state index in [1.54, 1.807) is 25.1 Å². The summed E-state index contributed by atoms with van der Waals surface area (Å²) in [5.41, 5.74) is 0.446. The Morgan fingerprint density at radius 3 is 2.60 bits per heavy atom. The molecule has 0 aliphatic carbocycles. The predicted octanol–water partition coefficient (Wildman–Crippen LogP) is 3.80. The third-order valence-electron chi connectivity index (χ3n) is 8.49. The molecule has 10 nitrogen and oxygen atoms in total. The van der Waals surface area contributed by atoms with Gasteiger partial charge in [0.05, 0.1) is 56.1 Å². The van der Waals surface area contributed by atoms with Gasteiger partial charge in [-0.05, 0) is 48.4 Å². The number of methoxy groups -OCH3 is 1. The minimum atomic E-state index is -4.62. The average Bonchev–Trinajstić information content (AvgIpc) is 3.61. The van der Waals surface area contributed by atoms with Crippen molar-refractivity contribution in [2.24, 2.45) is 0 Å². The van der Waals surface area contributed by atoms with Crippen LogP contribution in [0, 0.1) is 11.3 Å². The van der Waals surface area contributed by atoms with Gasteiger partial charge in [-0.25, -0.2) is 19.3 Å². The number of carbonyl (C=O) groups is 1. The standard InChI is InChI=1S/C30H31F3N6O4/c1-19-25(27(41)43-2)26(24-9-8-20(18-34)16-21(24)10-13-39(14-15-40)11-3-4-12-39)38-28(35-36-29(38)42)37(19)23-7-5-6-22(17-23)30(31,32)33/h5-9,16-17,26,40H,3-4,10-15H2,1-2H3/p+1. The fourth-order valence-electron chi connectivity index (χ4n) is 6.37. The molecule has 226 valence electrons. The van der Waals surface area contributed by atoms with E-state index in [1.807, 2.05) is 0 Å². The number of halogens is 3. The van der Waals surface area contributed by atoms with Crippen LogP contribution < -0.4 is 10.6 Å². The summed E-state index contributed by atoms with van der Waals surface area (Å²) in [7, 11) is 1.19. The Kier molecular flexibility index (Phi) is 8.18. The third kappa shape index (κ3) is 5.55. The molecule has 0 spiro atoms. The van der Waals surface area contributed by atoms with E-state index in [9.17, 15) is 33.1 Å². The average molecular weight is 598 g/mol. The van der Waals surface area contributed by atoms with Crippen molar-refractivity contribution in [3.63, 3.8) is 0 Å². The molecule has 5 rings (SSSR count). The highest BCUT2D eigenvalue weighted by atomic mass is 19.4. The van der Waals surface area contributed by atoms with Gasteiger partial charge >= 0.3 is 17.8 Å². The van der Waals surface area contributed by atoms with E-state index in [0.29, 0.717) is 30.6 Å². The zero-order chi connectivity index (χ0) is 30.9. The number of alkyl halides is 3. The lowest BCUT2D eigenvalue weighted by atomic mass is 9.89. The molecule has 3 aromatic rings. The summed E-state index contributed by atoms with van der Waals surface area (Å²) in [4.78, 5) is 28.1. The number of rotatable bonds is 8. The zero-order valence-electron chi connectivity index (χ0n) is 23.8. The van der Waals surface area contributed by atoms with Gasteiger partial charge in [0.2, 0.25) is 5.95 Å². The monoisotopic (exact) mass is 597 g/mol. The summed E-state index contributed by atoms with van der Waals surface area (Å²) in [6, 6.07) is 10.7. The highest BCUT2D eigenvalue weighted by Gasteiger charge is 2.41. The normalized spacial score (nSPS) is 18.0. The van der Waals surface area contributed by atoms with E-state index in [0.717, 1.165) is 48.1 Å². The second-order valence-electron chi connectivity index (χ2n) is 10.9. The number of aliphatic hydroxyl groups excluding tert-OH is 1. The minimum Gasteiger partial charge on any atom is -0.466 e. The number of nitrogens with one attached hydrogen (secondary N) is 1. The number of aromatic amines is 1. The van der Waals surface area contributed by atoms with E-state index in [4.69, 9.17) is 4.74 Å². The summed E-state index contributed by atoms with van der Waals surface area (Å²) in [6.07, 6.45) is -2.04. The molecule has 0 amide bonds. The molecule has 3 heterocycles. The second kappa shape index (κ2) is 11.7. The van der Waals surface area contributed by atoms with Gasteiger partial charge in [-0.2, -0.15) is 18.4 Å². The molecule has 2 N–H and O–H groups in total. The summed E-state index contributed by atoms with van der Waals surface area (Å²) >= 11 is 0. The molecule has 0 saturated carbocycles. The van der Waals surface area contributed by atoms with Crippen molar-refractivity contribution < 1.29 is 32.3 Å². The SMILES string of the molecule is COC(=O)C1=C(C)N(c2cccc(C(F)(F)F)c2)c2n[nH]c(=O)n2C1c1ccc(C#N)cc1CC[N+]1(CCO)CCCC1. The number of aromatic nitrogens is 3. The summed E-state index contributed by atoms with van der Waals surface area (Å²) in [5, 5.41) is 26.0. The quantitative estimate of drug-likeness (QED) is 0.299. The van der Waals surface area contributed by atoms with E-state index >= 15 is 0 Å². The molecular formula is C30H32F3N6O4+. The molecule has 1 unspecified atom stereocenters. The maximum absolute atomic E-state index is 13.6. The van der Waals surface area contributed by atoms with Crippen LogP contribution in [0.1, 0.15) is 48.1 Å². The van der Waals surface area contributed by atoms with Gasteiger partial charge in [0.1, 0.15) is 12.6 Å². The smallest absolute Gasteiger partial charge is 0.416 e. The first-order valence-corrected chi connectivity index (χ1v) is 14.0. The number of ether oxygens (including phenoxy) is 1. The second-order valence-corrected chi connectivity index (χ2v) is 10.9. The van der Waals surface area contributed by atoms with Gasteiger partial charge < -0.3 is 14.3 Å². The molecule has 1 aromatic heterocycles. The Bertz CT molecular complexity index is 1660. The fraction of sp³-hybridized carbons (Fsp3) is 0.400. The van der Waals surface area contributed by atoms with Crippen LogP contribution in [0.2, 0.25) is 0 Å². The number of quaternary nitrogens is 1. The first-order valence-electron chi connectivity index (χ1n) is 14.0. The van der Waals surface area contributed by atoms with E-state index in [-0.39, 0.29) is 29.5 Å². The Morgan fingerprint density at radius 2 is 1.95 bits per heavy atom. The number of likely N-dealkylation sites (tertiary alicyclic amines) is 1. The van der Waals surface area contributed by atoms with Gasteiger partial charge in [-0.3, -0.25) is 4.90 Å². The van der Waals surface area contributed by atoms with Crippen LogP contribution in [0.5, 0.6) is 0 Å². The van der Waals surface area contributed by atoms with Crippen molar-refractivity contribution in [2.75, 3.05) is 44.8 Å². The Labute approximate surface area is 245 Å². The zero-order valence-corrected chi connectivity index (χ0v) is 23.8. The topological polar surface area (TPSA) is 124 Å².